The maximum absolute atomic E-state index is 11.5. The van der Waals surface area contributed by atoms with E-state index in [0.717, 1.165) is 43.9 Å². The lowest BCUT2D eigenvalue weighted by atomic mass is 9.47. The Bertz CT molecular complexity index is 1050. The number of allylic oxidation sites excluding steroid dienone is 4. The molecule has 2 fully saturated rings. The summed E-state index contributed by atoms with van der Waals surface area (Å²) in [5, 5.41) is 0. The average molecular weight is 433 g/mol. The number of fused-ring (bicyclic) bond motifs is 6. The molecule has 4 heteroatoms. The summed E-state index contributed by atoms with van der Waals surface area (Å²) in [6, 6.07) is 0. The van der Waals surface area contributed by atoms with E-state index in [1.54, 1.807) is 12.5 Å². The van der Waals surface area contributed by atoms with Crippen LogP contribution < -0.4 is 0 Å². The zero-order valence-electron chi connectivity index (χ0n) is 19.8. The molecule has 0 unspecified atom stereocenters. The second-order valence-corrected chi connectivity index (χ2v) is 11.4. The largest absolute Gasteiger partial charge is 0.462 e. The van der Waals surface area contributed by atoms with Crippen LogP contribution in [-0.4, -0.2) is 21.6 Å². The minimum Gasteiger partial charge on any atom is -0.462 e. The molecule has 32 heavy (non-hydrogen) atoms. The normalized spacial score (nSPS) is 39.8. The van der Waals surface area contributed by atoms with Crippen LogP contribution in [0.4, 0.5) is 0 Å². The maximum atomic E-state index is 11.5. The number of nitrogens with zero attached hydrogens (tertiary/aromatic N) is 2. The molecule has 4 nitrogen and oxygen atoms in total. The van der Waals surface area contributed by atoms with E-state index in [2.05, 4.69) is 49.0 Å². The SMILES string of the molecule is CC(=O)O[C@H]1CC[C@@]2(C)C(=CC[C@@H]3[C@@H]2CC[C@]2(C)C(n4cnc5c4CCC=C5)=CC[C@@H]32)C1. The fraction of sp³-hybridized carbons (Fsp3) is 0.643. The predicted molar refractivity (Wildman–Crippen MR) is 126 cm³/mol. The van der Waals surface area contributed by atoms with Gasteiger partial charge in [0.2, 0.25) is 0 Å². The van der Waals surface area contributed by atoms with Gasteiger partial charge in [-0.3, -0.25) is 4.79 Å². The number of imidazole rings is 1. The number of hydrogen-bond donors (Lipinski definition) is 0. The van der Waals surface area contributed by atoms with Crippen LogP contribution in [0.25, 0.3) is 11.8 Å². The van der Waals surface area contributed by atoms with Crippen molar-refractivity contribution in [2.45, 2.75) is 84.7 Å². The fourth-order valence-electron chi connectivity index (χ4n) is 8.28. The Morgan fingerprint density at radius 2 is 1.97 bits per heavy atom. The van der Waals surface area contributed by atoms with Crippen LogP contribution in [-0.2, 0) is 16.0 Å². The molecule has 5 aliphatic carbocycles. The average Bonchev–Trinajstić information content (AvgIpc) is 3.34. The van der Waals surface area contributed by atoms with Gasteiger partial charge >= 0.3 is 5.97 Å². The topological polar surface area (TPSA) is 44.1 Å². The van der Waals surface area contributed by atoms with E-state index >= 15 is 0 Å². The summed E-state index contributed by atoms with van der Waals surface area (Å²) in [5.74, 6) is 2.09. The van der Waals surface area contributed by atoms with Gasteiger partial charge < -0.3 is 9.30 Å². The van der Waals surface area contributed by atoms with Crippen molar-refractivity contribution in [3.05, 3.63) is 41.5 Å². The molecular formula is C28H36N2O2. The summed E-state index contributed by atoms with van der Waals surface area (Å²) < 4.78 is 8.06. The summed E-state index contributed by atoms with van der Waals surface area (Å²) >= 11 is 0. The van der Waals surface area contributed by atoms with E-state index in [4.69, 9.17) is 9.72 Å². The summed E-state index contributed by atoms with van der Waals surface area (Å²) in [6.45, 7) is 6.60. The van der Waals surface area contributed by atoms with Crippen molar-refractivity contribution in [2.24, 2.45) is 28.6 Å². The van der Waals surface area contributed by atoms with Crippen LogP contribution in [0.5, 0.6) is 0 Å². The zero-order valence-corrected chi connectivity index (χ0v) is 19.8. The Morgan fingerprint density at radius 1 is 1.12 bits per heavy atom. The minimum atomic E-state index is -0.136. The fourth-order valence-corrected chi connectivity index (χ4v) is 8.28. The van der Waals surface area contributed by atoms with Crippen LogP contribution in [0, 0.1) is 28.6 Å². The molecule has 0 spiro atoms. The van der Waals surface area contributed by atoms with Gasteiger partial charge in [0, 0.05) is 30.2 Å². The molecule has 2 saturated carbocycles. The van der Waals surface area contributed by atoms with Gasteiger partial charge in [0.25, 0.3) is 0 Å². The first-order valence-corrected chi connectivity index (χ1v) is 12.7. The van der Waals surface area contributed by atoms with E-state index in [1.165, 1.54) is 42.8 Å². The van der Waals surface area contributed by atoms with Crippen LogP contribution in [0.3, 0.4) is 0 Å². The molecular weight excluding hydrogens is 396 g/mol. The second-order valence-electron chi connectivity index (χ2n) is 11.4. The van der Waals surface area contributed by atoms with Crippen molar-refractivity contribution in [3.8, 4) is 0 Å². The van der Waals surface area contributed by atoms with Crippen LogP contribution in [0.1, 0.15) is 83.5 Å². The Balaban J connectivity index is 1.28. The van der Waals surface area contributed by atoms with Crippen LogP contribution >= 0.6 is 0 Å². The van der Waals surface area contributed by atoms with Crippen molar-refractivity contribution >= 4 is 17.7 Å². The first kappa shape index (κ1) is 20.5. The highest BCUT2D eigenvalue weighted by Gasteiger charge is 2.57. The molecule has 1 heterocycles. The number of carbonyl (C=O) groups excluding carboxylic acids is 1. The smallest absolute Gasteiger partial charge is 0.302 e. The van der Waals surface area contributed by atoms with E-state index in [9.17, 15) is 4.79 Å². The predicted octanol–water partition coefficient (Wildman–Crippen LogP) is 6.19. The molecule has 1 aromatic heterocycles. The number of hydrogen-bond acceptors (Lipinski definition) is 3. The molecule has 0 bridgehead atoms. The summed E-state index contributed by atoms with van der Waals surface area (Å²) in [4.78, 5) is 16.2. The monoisotopic (exact) mass is 432 g/mol. The van der Waals surface area contributed by atoms with Crippen molar-refractivity contribution in [1.29, 1.82) is 0 Å². The quantitative estimate of drug-likeness (QED) is 0.413. The van der Waals surface area contributed by atoms with Gasteiger partial charge in [0.1, 0.15) is 6.10 Å². The number of rotatable bonds is 2. The molecule has 6 atom stereocenters. The standard InChI is InChI=1S/C28H36N2O2/c1-18(31)32-20-12-14-27(2)19(16-20)8-9-21-22-10-11-26(28(22,3)15-13-23(21)27)30-17-29-24-6-4-5-7-25(24)30/h4,6,8,11,17,20-23H,5,7,9-10,12-16H2,1-3H3/t20-,21-,22-,23-,27-,28-/m0/s1. The van der Waals surface area contributed by atoms with Crippen molar-refractivity contribution in [3.63, 3.8) is 0 Å². The van der Waals surface area contributed by atoms with Gasteiger partial charge in [-0.15, -0.1) is 0 Å². The molecule has 0 aromatic carbocycles. The second kappa shape index (κ2) is 7.20. The minimum absolute atomic E-state index is 0.0819. The van der Waals surface area contributed by atoms with Gasteiger partial charge in [-0.2, -0.15) is 0 Å². The molecule has 6 rings (SSSR count). The van der Waals surface area contributed by atoms with Gasteiger partial charge in [-0.1, -0.05) is 37.6 Å². The summed E-state index contributed by atoms with van der Waals surface area (Å²) in [5.41, 5.74) is 6.19. The first-order valence-electron chi connectivity index (χ1n) is 12.7. The molecule has 0 N–H and O–H groups in total. The van der Waals surface area contributed by atoms with E-state index < -0.39 is 0 Å². The van der Waals surface area contributed by atoms with Crippen molar-refractivity contribution in [2.75, 3.05) is 0 Å². The third kappa shape index (κ3) is 2.87. The van der Waals surface area contributed by atoms with Crippen LogP contribution in [0.15, 0.2) is 30.1 Å². The lowest BCUT2D eigenvalue weighted by Crippen LogP contribution is -2.50. The van der Waals surface area contributed by atoms with Gasteiger partial charge in [0.15, 0.2) is 0 Å². The van der Waals surface area contributed by atoms with E-state index in [0.29, 0.717) is 5.92 Å². The van der Waals surface area contributed by atoms with Gasteiger partial charge in [-0.05, 0) is 80.6 Å². The molecule has 0 aliphatic heterocycles. The Kier molecular flexibility index (Phi) is 4.61. The summed E-state index contributed by atoms with van der Waals surface area (Å²) in [6.07, 6.45) is 22.0. The third-order valence-corrected chi connectivity index (χ3v) is 9.91. The summed E-state index contributed by atoms with van der Waals surface area (Å²) in [7, 11) is 0. The number of ether oxygens (including phenoxy) is 1. The molecule has 0 saturated heterocycles. The van der Waals surface area contributed by atoms with Gasteiger partial charge in [0.05, 0.1) is 12.0 Å². The first-order chi connectivity index (χ1) is 15.4. The molecule has 1 aromatic rings. The maximum Gasteiger partial charge on any atom is 0.302 e. The lowest BCUT2D eigenvalue weighted by molar-refractivity contribution is -0.148. The Morgan fingerprint density at radius 3 is 2.81 bits per heavy atom. The highest BCUT2D eigenvalue weighted by molar-refractivity contribution is 5.66. The highest BCUT2D eigenvalue weighted by Crippen LogP contribution is 2.65. The molecule has 5 aliphatic rings. The highest BCUT2D eigenvalue weighted by atomic mass is 16.5. The number of carbonyl (C=O) groups is 1. The van der Waals surface area contributed by atoms with E-state index in [1.807, 2.05) is 0 Å². The Hall–Kier alpha value is -2.10. The number of aromatic nitrogens is 2. The van der Waals surface area contributed by atoms with E-state index in [-0.39, 0.29) is 22.9 Å². The number of esters is 1. The third-order valence-electron chi connectivity index (χ3n) is 9.91. The lowest BCUT2D eigenvalue weighted by Gasteiger charge is -2.57. The molecule has 0 radical (unpaired) electrons. The molecule has 0 amide bonds. The van der Waals surface area contributed by atoms with Crippen molar-refractivity contribution in [1.82, 2.24) is 9.55 Å². The van der Waals surface area contributed by atoms with Gasteiger partial charge in [-0.25, -0.2) is 4.98 Å². The molecule has 170 valence electrons. The van der Waals surface area contributed by atoms with Crippen molar-refractivity contribution < 1.29 is 9.53 Å². The Labute approximate surface area is 191 Å². The zero-order chi connectivity index (χ0) is 22.1. The van der Waals surface area contributed by atoms with Crippen LogP contribution in [0.2, 0.25) is 0 Å².